The van der Waals surface area contributed by atoms with Crippen LogP contribution in [0.5, 0.6) is 0 Å². The van der Waals surface area contributed by atoms with Crippen LogP contribution in [0.1, 0.15) is 47.0 Å². The molecule has 0 heterocycles. The lowest BCUT2D eigenvalue weighted by Gasteiger charge is -2.07. The molecule has 14 heavy (non-hydrogen) atoms. The van der Waals surface area contributed by atoms with Gasteiger partial charge >= 0.3 is 0 Å². The van der Waals surface area contributed by atoms with E-state index in [1.54, 1.807) is 0 Å². The second kappa shape index (κ2) is 7.84. The van der Waals surface area contributed by atoms with Crippen molar-refractivity contribution in [1.29, 1.82) is 0 Å². The smallest absolute Gasteiger partial charge is 0.0259 e. The van der Waals surface area contributed by atoms with Gasteiger partial charge in [0.1, 0.15) is 0 Å². The van der Waals surface area contributed by atoms with Gasteiger partial charge in [-0.05, 0) is 32.1 Å². The Kier molecular flexibility index (Phi) is 7.55. The summed E-state index contributed by atoms with van der Waals surface area (Å²) in [5, 5.41) is 0. The third kappa shape index (κ3) is 8.10. The lowest BCUT2D eigenvalue weighted by atomic mass is 9.99. The van der Waals surface area contributed by atoms with Gasteiger partial charge in [0.25, 0.3) is 0 Å². The summed E-state index contributed by atoms with van der Waals surface area (Å²) in [6.45, 7) is 12.7. The van der Waals surface area contributed by atoms with Crippen molar-refractivity contribution < 1.29 is 0 Å². The Hall–Kier alpha value is -0.520. The van der Waals surface area contributed by atoms with Crippen molar-refractivity contribution >= 4 is 0 Å². The number of hydrogen-bond acceptors (Lipinski definition) is 0. The van der Waals surface area contributed by atoms with Crippen molar-refractivity contribution in [2.45, 2.75) is 47.0 Å². The van der Waals surface area contributed by atoms with Gasteiger partial charge in [0.2, 0.25) is 0 Å². The largest absolute Gasteiger partial charge is 0.0814 e. The van der Waals surface area contributed by atoms with Crippen LogP contribution in [-0.4, -0.2) is 0 Å². The standard InChI is InChI=1S/C14H25/c1-6-13(4)10-11-14(5)9-7-8-12(2)3/h6,10-12,14H,1,7-9H2,2-5H3. The molecule has 0 bridgehead atoms. The van der Waals surface area contributed by atoms with Gasteiger partial charge in [-0.15, -0.1) is 0 Å². The predicted molar refractivity (Wildman–Crippen MR) is 66.1 cm³/mol. The zero-order valence-corrected chi connectivity index (χ0v) is 10.2. The molecule has 0 aromatic rings. The van der Waals surface area contributed by atoms with E-state index in [2.05, 4.69) is 46.8 Å². The molecule has 81 valence electrons. The second-order valence-electron chi connectivity index (χ2n) is 4.61. The van der Waals surface area contributed by atoms with Gasteiger partial charge in [-0.2, -0.15) is 0 Å². The fourth-order valence-electron chi connectivity index (χ4n) is 1.33. The molecule has 0 nitrogen and oxygen atoms in total. The summed E-state index contributed by atoms with van der Waals surface area (Å²) in [7, 11) is 0. The van der Waals surface area contributed by atoms with Crippen molar-refractivity contribution in [3.05, 3.63) is 30.7 Å². The highest BCUT2D eigenvalue weighted by atomic mass is 14.0. The molecule has 1 radical (unpaired) electrons. The maximum absolute atomic E-state index is 3.74. The van der Waals surface area contributed by atoms with E-state index in [-0.39, 0.29) is 0 Å². The van der Waals surface area contributed by atoms with Gasteiger partial charge in [-0.3, -0.25) is 0 Å². The van der Waals surface area contributed by atoms with Gasteiger partial charge in [0.05, 0.1) is 0 Å². The molecule has 0 spiro atoms. The first-order valence-corrected chi connectivity index (χ1v) is 5.70. The summed E-state index contributed by atoms with van der Waals surface area (Å²) in [6, 6.07) is 0. The normalized spacial score (nSPS) is 15.4. The van der Waals surface area contributed by atoms with E-state index < -0.39 is 0 Å². The molecule has 0 aromatic heterocycles. The molecule has 0 N–H and O–H groups in total. The molecule has 0 aromatic carbocycles. The zero-order valence-electron chi connectivity index (χ0n) is 10.2. The van der Waals surface area contributed by atoms with Gasteiger partial charge < -0.3 is 0 Å². The maximum Gasteiger partial charge on any atom is -0.0259 e. The molecule has 1 unspecified atom stereocenters. The van der Waals surface area contributed by atoms with Crippen LogP contribution in [-0.2, 0) is 0 Å². The van der Waals surface area contributed by atoms with E-state index in [1.807, 2.05) is 6.08 Å². The maximum atomic E-state index is 3.74. The van der Waals surface area contributed by atoms with E-state index in [1.165, 1.54) is 24.8 Å². The van der Waals surface area contributed by atoms with Crippen LogP contribution in [0.4, 0.5) is 0 Å². The lowest BCUT2D eigenvalue weighted by Crippen LogP contribution is -1.93. The molecule has 1 atom stereocenters. The van der Waals surface area contributed by atoms with Crippen LogP contribution in [0.2, 0.25) is 0 Å². The molecule has 0 aliphatic carbocycles. The second-order valence-corrected chi connectivity index (χ2v) is 4.61. The summed E-state index contributed by atoms with van der Waals surface area (Å²) in [5.41, 5.74) is 1.25. The number of hydrogen-bond donors (Lipinski definition) is 0. The van der Waals surface area contributed by atoms with Gasteiger partial charge in [-0.1, -0.05) is 57.4 Å². The fraction of sp³-hybridized carbons (Fsp3) is 0.643. The molecular formula is C14H25. The van der Waals surface area contributed by atoms with E-state index in [9.17, 15) is 0 Å². The minimum Gasteiger partial charge on any atom is -0.0814 e. The van der Waals surface area contributed by atoms with Crippen molar-refractivity contribution in [2.24, 2.45) is 11.8 Å². The van der Waals surface area contributed by atoms with Gasteiger partial charge in [-0.25, -0.2) is 0 Å². The van der Waals surface area contributed by atoms with E-state index >= 15 is 0 Å². The predicted octanol–water partition coefficient (Wildman–Crippen LogP) is 4.79. The average Bonchev–Trinajstić information content (AvgIpc) is 2.13. The van der Waals surface area contributed by atoms with Crippen LogP contribution in [0.3, 0.4) is 0 Å². The van der Waals surface area contributed by atoms with Gasteiger partial charge in [0, 0.05) is 0 Å². The monoisotopic (exact) mass is 193 g/mol. The molecule has 0 aliphatic rings. The zero-order chi connectivity index (χ0) is 11.0. The van der Waals surface area contributed by atoms with Crippen LogP contribution in [0.25, 0.3) is 0 Å². The highest BCUT2D eigenvalue weighted by molar-refractivity contribution is 5.17. The first-order valence-electron chi connectivity index (χ1n) is 5.70. The molecule has 0 rings (SSSR count). The van der Waals surface area contributed by atoms with E-state index in [4.69, 9.17) is 0 Å². The summed E-state index contributed by atoms with van der Waals surface area (Å²) in [4.78, 5) is 0. The Morgan fingerprint density at radius 2 is 1.86 bits per heavy atom. The summed E-state index contributed by atoms with van der Waals surface area (Å²) < 4.78 is 0. The first kappa shape index (κ1) is 13.5. The minimum absolute atomic E-state index is 0.698. The molecule has 0 aliphatic heterocycles. The minimum atomic E-state index is 0.698. The number of rotatable bonds is 6. The summed E-state index contributed by atoms with van der Waals surface area (Å²) in [5.74, 6) is 1.54. The first-order chi connectivity index (χ1) is 6.56. The fourth-order valence-corrected chi connectivity index (χ4v) is 1.33. The third-order valence-corrected chi connectivity index (χ3v) is 2.45. The van der Waals surface area contributed by atoms with E-state index in [0.29, 0.717) is 5.92 Å². The molecule has 0 heteroatoms. The van der Waals surface area contributed by atoms with Crippen molar-refractivity contribution in [2.75, 3.05) is 0 Å². The molecule has 0 amide bonds. The van der Waals surface area contributed by atoms with Crippen LogP contribution in [0, 0.1) is 18.8 Å². The SMILES string of the molecule is [CH2]C=C(C)C=CC(C)CCCC(C)C. The molecular weight excluding hydrogens is 168 g/mol. The van der Waals surface area contributed by atoms with Gasteiger partial charge in [0.15, 0.2) is 0 Å². The quantitative estimate of drug-likeness (QED) is 0.532. The Balaban J connectivity index is 3.65. The third-order valence-electron chi connectivity index (χ3n) is 2.45. The average molecular weight is 193 g/mol. The Bertz CT molecular complexity index is 184. The highest BCUT2D eigenvalue weighted by Gasteiger charge is 1.98. The Morgan fingerprint density at radius 3 is 2.36 bits per heavy atom. The van der Waals surface area contributed by atoms with Crippen molar-refractivity contribution in [1.82, 2.24) is 0 Å². The van der Waals surface area contributed by atoms with Crippen LogP contribution < -0.4 is 0 Å². The molecule has 0 fully saturated rings. The highest BCUT2D eigenvalue weighted by Crippen LogP contribution is 2.13. The Morgan fingerprint density at radius 1 is 1.21 bits per heavy atom. The van der Waals surface area contributed by atoms with Crippen LogP contribution >= 0.6 is 0 Å². The van der Waals surface area contributed by atoms with Crippen molar-refractivity contribution in [3.8, 4) is 0 Å². The topological polar surface area (TPSA) is 0 Å². The summed E-state index contributed by atoms with van der Waals surface area (Å²) >= 11 is 0. The summed E-state index contributed by atoms with van der Waals surface area (Å²) in [6.07, 6.45) is 10.4. The van der Waals surface area contributed by atoms with E-state index in [0.717, 1.165) is 5.92 Å². The lowest BCUT2D eigenvalue weighted by molar-refractivity contribution is 0.501. The van der Waals surface area contributed by atoms with Crippen LogP contribution in [0.15, 0.2) is 23.8 Å². The number of allylic oxidation sites excluding steroid dienone is 4. The molecule has 0 saturated carbocycles. The van der Waals surface area contributed by atoms with Crippen molar-refractivity contribution in [3.63, 3.8) is 0 Å². The molecule has 0 saturated heterocycles. The Labute approximate surface area is 90.1 Å².